The van der Waals surface area contributed by atoms with Crippen molar-refractivity contribution in [1.29, 1.82) is 0 Å². The van der Waals surface area contributed by atoms with Gasteiger partial charge in [-0.05, 0) is 18.4 Å². The van der Waals surface area contributed by atoms with Gasteiger partial charge in [-0.1, -0.05) is 68.9 Å². The molecule has 1 N–H and O–H groups in total. The topological polar surface area (TPSA) is 162 Å². The average molecular weight is 1140 g/mol. The lowest BCUT2D eigenvalue weighted by Crippen LogP contribution is -2.58. The van der Waals surface area contributed by atoms with E-state index in [-0.39, 0.29) is 31.8 Å². The summed E-state index contributed by atoms with van der Waals surface area (Å²) in [6, 6.07) is 9.11. The van der Waals surface area contributed by atoms with E-state index in [1.807, 2.05) is 30.3 Å². The molecule has 78 heavy (non-hydrogen) atoms. The van der Waals surface area contributed by atoms with E-state index in [0.29, 0.717) is 19.3 Å². The van der Waals surface area contributed by atoms with Crippen LogP contribution >= 0.6 is 0 Å². The Morgan fingerprint density at radius 2 is 0.654 bits per heavy atom. The van der Waals surface area contributed by atoms with Crippen molar-refractivity contribution in [1.82, 2.24) is 5.32 Å². The smallest absolute Gasteiger partial charge is 0.313 e. The molecule has 0 aliphatic rings. The third-order valence-electron chi connectivity index (χ3n) is 10.8. The zero-order valence-electron chi connectivity index (χ0n) is 40.6. The summed E-state index contributed by atoms with van der Waals surface area (Å²) in [5, 5.41) is 2.51. The summed E-state index contributed by atoms with van der Waals surface area (Å²) in [4.78, 5) is 63.0. The zero-order chi connectivity index (χ0) is 57.7. The van der Waals surface area contributed by atoms with Crippen molar-refractivity contribution < 1.29 is 123 Å². The van der Waals surface area contributed by atoms with E-state index in [0.717, 1.165) is 31.2 Å². The van der Waals surface area contributed by atoms with Crippen LogP contribution in [0.3, 0.4) is 0 Å². The molecule has 0 aliphatic carbocycles. The molecule has 28 heteroatoms. The fourth-order valence-electron chi connectivity index (χ4n) is 6.80. The number of unbranched alkanes of at least 4 members (excludes halogenated alkanes) is 7. The molecular formula is C50H46F15NO12. The van der Waals surface area contributed by atoms with Gasteiger partial charge in [-0.3, -0.25) is 24.0 Å². The Kier molecular flexibility index (Phi) is 25.2. The van der Waals surface area contributed by atoms with Gasteiger partial charge in [0.1, 0.15) is 12.1 Å². The molecule has 13 nitrogen and oxygen atoms in total. The Labute approximate surface area is 433 Å². The molecule has 0 radical (unpaired) electrons. The highest BCUT2D eigenvalue weighted by molar-refractivity contribution is 5.77. The lowest BCUT2D eigenvalue weighted by Gasteiger charge is -2.34. The molecule has 0 bridgehead atoms. The summed E-state index contributed by atoms with van der Waals surface area (Å²) >= 11 is 0. The van der Waals surface area contributed by atoms with E-state index in [1.54, 1.807) is 0 Å². The number of hydrogen-bond acceptors (Lipinski definition) is 12. The Morgan fingerprint density at radius 3 is 0.987 bits per heavy atom. The first-order chi connectivity index (χ1) is 37.0. The third kappa shape index (κ3) is 18.3. The molecule has 4 aromatic rings. The Morgan fingerprint density at radius 1 is 0.359 bits per heavy atom. The van der Waals surface area contributed by atoms with Gasteiger partial charge in [-0.2, -0.15) is 26.3 Å². The summed E-state index contributed by atoms with van der Waals surface area (Å²) < 4.78 is 242. The average Bonchev–Trinajstić information content (AvgIpc) is 3.46. The standard InChI is InChI=1S/C50H46F15NO12/c51-32-35(54)41(60)47(42(61)36(32)55)76-29(69)16-19-72-23-50(24-73-20-17-30(70)77-48-43(62)37(56)33(52)38(57)44(48)63,25-74-21-18-31(71)78-49-45(64)39(58)34(53)40(59)46(49)65)66-27(67)14-10-5-3-1-2-4-6-11-15-28(68)75-22-26-12-8-7-9-13-26/h7-9,12-13H,1-6,10-11,14-25H2,(H,66,67). The molecule has 0 heterocycles. The molecular weight excluding hydrogens is 1090 g/mol. The molecule has 4 rings (SSSR count). The van der Waals surface area contributed by atoms with Crippen LogP contribution in [0.15, 0.2) is 30.3 Å². The summed E-state index contributed by atoms with van der Waals surface area (Å²) in [5.74, 6) is -49.4. The monoisotopic (exact) mass is 1140 g/mol. The number of benzene rings is 4. The van der Waals surface area contributed by atoms with Crippen LogP contribution in [0.4, 0.5) is 65.9 Å². The van der Waals surface area contributed by atoms with E-state index >= 15 is 0 Å². The first-order valence-corrected chi connectivity index (χ1v) is 23.4. The third-order valence-corrected chi connectivity index (χ3v) is 10.8. The molecule has 1 amide bonds. The van der Waals surface area contributed by atoms with Crippen molar-refractivity contribution in [3.8, 4) is 17.2 Å². The van der Waals surface area contributed by atoms with E-state index in [2.05, 4.69) is 19.5 Å². The molecule has 428 valence electrons. The van der Waals surface area contributed by atoms with Gasteiger partial charge >= 0.3 is 23.9 Å². The second-order valence-corrected chi connectivity index (χ2v) is 16.8. The van der Waals surface area contributed by atoms with Gasteiger partial charge in [-0.25, -0.2) is 39.5 Å². The SMILES string of the molecule is O=C(CCCCCCCCCCC(=O)OCc1ccccc1)NC(COCCC(=O)Oc1c(F)c(F)c(F)c(F)c1F)(COCCC(=O)Oc1c(F)c(F)c(F)c(F)c1F)COCCC(=O)Oc1c(F)c(F)c(F)c(F)c1F. The molecule has 0 fully saturated rings. The molecule has 0 saturated heterocycles. The predicted molar refractivity (Wildman–Crippen MR) is 235 cm³/mol. The van der Waals surface area contributed by atoms with Crippen molar-refractivity contribution in [2.45, 2.75) is 95.6 Å². The number of ether oxygens (including phenoxy) is 7. The van der Waals surface area contributed by atoms with Gasteiger partial charge in [-0.15, -0.1) is 0 Å². The summed E-state index contributed by atoms with van der Waals surface area (Å²) in [6.07, 6.45) is 1.92. The number of nitrogens with one attached hydrogen (secondary N) is 1. The minimum absolute atomic E-state index is 0.156. The normalized spacial score (nSPS) is 11.4. The first-order valence-electron chi connectivity index (χ1n) is 23.4. The van der Waals surface area contributed by atoms with Crippen LogP contribution in [-0.2, 0) is 49.5 Å². The van der Waals surface area contributed by atoms with Crippen LogP contribution in [0, 0.1) is 87.3 Å². The highest BCUT2D eigenvalue weighted by Crippen LogP contribution is 2.32. The summed E-state index contributed by atoms with van der Waals surface area (Å²) in [7, 11) is 0. The molecule has 4 aromatic carbocycles. The quantitative estimate of drug-likeness (QED) is 0.0123. The fourth-order valence-corrected chi connectivity index (χ4v) is 6.80. The number of carbonyl (C=O) groups is 5. The van der Waals surface area contributed by atoms with Crippen molar-refractivity contribution in [3.05, 3.63) is 123 Å². The van der Waals surface area contributed by atoms with Crippen molar-refractivity contribution >= 4 is 29.8 Å². The summed E-state index contributed by atoms with van der Waals surface area (Å²) in [6.45, 7) is -5.02. The van der Waals surface area contributed by atoms with Crippen LogP contribution < -0.4 is 19.5 Å². The predicted octanol–water partition coefficient (Wildman–Crippen LogP) is 10.6. The number of esters is 4. The lowest BCUT2D eigenvalue weighted by atomic mass is 10.0. The van der Waals surface area contributed by atoms with Crippen molar-refractivity contribution in [3.63, 3.8) is 0 Å². The van der Waals surface area contributed by atoms with Gasteiger partial charge in [0.05, 0.1) is 58.9 Å². The molecule has 0 unspecified atom stereocenters. The van der Waals surface area contributed by atoms with Crippen molar-refractivity contribution in [2.24, 2.45) is 0 Å². The van der Waals surface area contributed by atoms with Gasteiger partial charge in [0.15, 0.2) is 0 Å². The van der Waals surface area contributed by atoms with Crippen LogP contribution in [0.2, 0.25) is 0 Å². The fraction of sp³-hybridized carbons (Fsp3) is 0.420. The highest BCUT2D eigenvalue weighted by atomic mass is 19.2. The zero-order valence-corrected chi connectivity index (χ0v) is 40.6. The number of halogens is 15. The maximum absolute atomic E-state index is 14.2. The van der Waals surface area contributed by atoms with E-state index in [1.165, 1.54) is 0 Å². The summed E-state index contributed by atoms with van der Waals surface area (Å²) in [5.41, 5.74) is -1.23. The van der Waals surface area contributed by atoms with Crippen LogP contribution in [0.25, 0.3) is 0 Å². The van der Waals surface area contributed by atoms with Gasteiger partial charge in [0.2, 0.25) is 110 Å². The van der Waals surface area contributed by atoms with Gasteiger partial charge < -0.3 is 38.5 Å². The number of carbonyl (C=O) groups excluding carboxylic acids is 5. The van der Waals surface area contributed by atoms with E-state index in [9.17, 15) is 89.8 Å². The lowest BCUT2D eigenvalue weighted by molar-refractivity contribution is -0.145. The maximum atomic E-state index is 14.2. The van der Waals surface area contributed by atoms with Crippen LogP contribution in [0.5, 0.6) is 17.2 Å². The minimum Gasteiger partial charge on any atom is -0.461 e. The van der Waals surface area contributed by atoms with E-state index < -0.39 is 193 Å². The molecule has 0 aromatic heterocycles. The second-order valence-electron chi connectivity index (χ2n) is 16.8. The van der Waals surface area contributed by atoms with Crippen molar-refractivity contribution in [2.75, 3.05) is 39.6 Å². The largest absolute Gasteiger partial charge is 0.461 e. The molecule has 0 saturated carbocycles. The maximum Gasteiger partial charge on any atom is 0.313 e. The Bertz CT molecular complexity index is 2450. The van der Waals surface area contributed by atoms with Gasteiger partial charge in [0, 0.05) is 12.8 Å². The van der Waals surface area contributed by atoms with Gasteiger partial charge in [0.25, 0.3) is 0 Å². The Balaban J connectivity index is 1.43. The Hall–Kier alpha value is -6.94. The van der Waals surface area contributed by atoms with Crippen LogP contribution in [0.1, 0.15) is 89.0 Å². The molecule has 0 atom stereocenters. The molecule has 0 aliphatic heterocycles. The molecule has 0 spiro atoms. The number of amides is 1. The number of hydrogen-bond donors (Lipinski definition) is 1. The first kappa shape index (κ1) is 63.6. The second kappa shape index (κ2) is 30.9. The minimum atomic E-state index is -2.56. The highest BCUT2D eigenvalue weighted by Gasteiger charge is 2.36. The number of rotatable bonds is 32. The van der Waals surface area contributed by atoms with E-state index in [4.69, 9.17) is 18.9 Å². The van der Waals surface area contributed by atoms with Crippen LogP contribution in [-0.4, -0.2) is 75.0 Å².